The van der Waals surface area contributed by atoms with Crippen LogP contribution in [0.4, 0.5) is 0 Å². The minimum atomic E-state index is 0. The molecule has 0 aromatic heterocycles. The van der Waals surface area contributed by atoms with Crippen LogP contribution in [0.1, 0.15) is 38.2 Å². The second-order valence-electron chi connectivity index (χ2n) is 7.37. The van der Waals surface area contributed by atoms with Gasteiger partial charge in [-0.15, -0.1) is 24.0 Å². The Kier molecular flexibility index (Phi) is 17.0. The number of nitrogens with zero attached hydrogens (tertiary/aromatic N) is 1. The third-order valence-corrected chi connectivity index (χ3v) is 4.89. The molecule has 0 aliphatic carbocycles. The molecule has 0 amide bonds. The number of hydrogen-bond donors (Lipinski definition) is 2. The van der Waals surface area contributed by atoms with Crippen LogP contribution in [0.25, 0.3) is 0 Å². The molecule has 1 fully saturated rings. The smallest absolute Gasteiger partial charge is 0.191 e. The van der Waals surface area contributed by atoms with Crippen molar-refractivity contribution in [2.45, 2.75) is 39.0 Å². The zero-order chi connectivity index (χ0) is 20.4. The molecule has 1 aliphatic rings. The second-order valence-corrected chi connectivity index (χ2v) is 7.37. The molecule has 2 N–H and O–H groups in total. The van der Waals surface area contributed by atoms with Gasteiger partial charge in [0.05, 0.1) is 6.61 Å². The van der Waals surface area contributed by atoms with Crippen LogP contribution in [-0.2, 0) is 20.6 Å². The molecular formula is C23H40IN3O3. The van der Waals surface area contributed by atoms with Crippen molar-refractivity contribution < 1.29 is 14.2 Å². The summed E-state index contributed by atoms with van der Waals surface area (Å²) in [6, 6.07) is 10.5. The van der Waals surface area contributed by atoms with E-state index in [2.05, 4.69) is 46.8 Å². The van der Waals surface area contributed by atoms with Gasteiger partial charge in [0.25, 0.3) is 0 Å². The van der Waals surface area contributed by atoms with Gasteiger partial charge in [-0.3, -0.25) is 4.99 Å². The number of halogens is 1. The molecule has 0 spiro atoms. The Morgan fingerprint density at radius 1 is 1.03 bits per heavy atom. The van der Waals surface area contributed by atoms with Gasteiger partial charge in [0.2, 0.25) is 0 Å². The number of aliphatic imine (C=N–C) groups is 1. The first-order valence-electron chi connectivity index (χ1n) is 11.2. The summed E-state index contributed by atoms with van der Waals surface area (Å²) in [7, 11) is 0. The van der Waals surface area contributed by atoms with Crippen LogP contribution in [0, 0.1) is 5.92 Å². The first-order chi connectivity index (χ1) is 14.4. The van der Waals surface area contributed by atoms with E-state index < -0.39 is 0 Å². The van der Waals surface area contributed by atoms with Crippen molar-refractivity contribution >= 4 is 29.9 Å². The van der Waals surface area contributed by atoms with Crippen LogP contribution >= 0.6 is 24.0 Å². The van der Waals surface area contributed by atoms with Gasteiger partial charge >= 0.3 is 0 Å². The molecule has 1 saturated heterocycles. The van der Waals surface area contributed by atoms with E-state index in [9.17, 15) is 0 Å². The van der Waals surface area contributed by atoms with Crippen molar-refractivity contribution in [1.29, 1.82) is 0 Å². The molecule has 0 saturated carbocycles. The summed E-state index contributed by atoms with van der Waals surface area (Å²) in [6.45, 7) is 9.51. The minimum Gasteiger partial charge on any atom is -0.381 e. The lowest BCUT2D eigenvalue weighted by molar-refractivity contribution is 0.0205. The predicted octanol–water partition coefficient (Wildman–Crippen LogP) is 3.64. The van der Waals surface area contributed by atoms with Crippen molar-refractivity contribution in [2.24, 2.45) is 10.9 Å². The fourth-order valence-electron chi connectivity index (χ4n) is 3.18. The van der Waals surface area contributed by atoms with E-state index in [1.54, 1.807) is 0 Å². The Balaban J connectivity index is 0.00000450. The SMILES string of the molecule is CCNC(=NCCCOCC1CCOCC1)NCCCOCCc1ccccc1.I. The van der Waals surface area contributed by atoms with Gasteiger partial charge in [0.1, 0.15) is 0 Å². The monoisotopic (exact) mass is 533 g/mol. The number of nitrogens with one attached hydrogen (secondary N) is 2. The van der Waals surface area contributed by atoms with Crippen molar-refractivity contribution in [1.82, 2.24) is 10.6 Å². The van der Waals surface area contributed by atoms with Crippen molar-refractivity contribution in [3.8, 4) is 0 Å². The van der Waals surface area contributed by atoms with Crippen LogP contribution < -0.4 is 10.6 Å². The maximum Gasteiger partial charge on any atom is 0.191 e. The fraction of sp³-hybridized carbons (Fsp3) is 0.696. The number of ether oxygens (including phenoxy) is 3. The molecule has 172 valence electrons. The molecule has 30 heavy (non-hydrogen) atoms. The van der Waals surface area contributed by atoms with E-state index in [1.807, 2.05) is 6.07 Å². The molecule has 0 bridgehead atoms. The van der Waals surface area contributed by atoms with E-state index in [0.717, 1.165) is 97.3 Å². The van der Waals surface area contributed by atoms with E-state index in [1.165, 1.54) is 5.56 Å². The number of guanidine groups is 1. The first kappa shape index (κ1) is 27.1. The molecular weight excluding hydrogens is 493 g/mol. The Morgan fingerprint density at radius 2 is 1.80 bits per heavy atom. The zero-order valence-corrected chi connectivity index (χ0v) is 20.8. The number of hydrogen-bond acceptors (Lipinski definition) is 4. The van der Waals surface area contributed by atoms with Gasteiger partial charge in [0.15, 0.2) is 5.96 Å². The van der Waals surface area contributed by atoms with Gasteiger partial charge < -0.3 is 24.8 Å². The van der Waals surface area contributed by atoms with Gasteiger partial charge in [0, 0.05) is 52.7 Å². The lowest BCUT2D eigenvalue weighted by Gasteiger charge is -2.21. The summed E-state index contributed by atoms with van der Waals surface area (Å²) < 4.78 is 16.9. The standard InChI is InChI=1S/C23H39N3O3.HI/c1-2-24-23(26-14-7-16-29-20-22-11-18-28-19-12-22)25-13-6-15-27-17-10-21-8-4-3-5-9-21;/h3-5,8-9,22H,2,6-7,10-20H2,1H3,(H2,24,25,26);1H. The quantitative estimate of drug-likeness (QED) is 0.166. The Morgan fingerprint density at radius 3 is 2.57 bits per heavy atom. The molecule has 0 unspecified atom stereocenters. The highest BCUT2D eigenvalue weighted by molar-refractivity contribution is 14.0. The van der Waals surface area contributed by atoms with Gasteiger partial charge in [-0.05, 0) is 50.5 Å². The average molecular weight is 533 g/mol. The molecule has 1 aromatic carbocycles. The summed E-state index contributed by atoms with van der Waals surface area (Å²) >= 11 is 0. The second kappa shape index (κ2) is 18.8. The predicted molar refractivity (Wildman–Crippen MR) is 134 cm³/mol. The first-order valence-corrected chi connectivity index (χ1v) is 11.2. The summed E-state index contributed by atoms with van der Waals surface area (Å²) in [4.78, 5) is 4.63. The summed E-state index contributed by atoms with van der Waals surface area (Å²) in [5.74, 6) is 1.54. The average Bonchev–Trinajstić information content (AvgIpc) is 2.76. The zero-order valence-electron chi connectivity index (χ0n) is 18.4. The molecule has 1 heterocycles. The molecule has 2 rings (SSSR count). The molecule has 1 aromatic rings. The highest BCUT2D eigenvalue weighted by Crippen LogP contribution is 2.14. The van der Waals surface area contributed by atoms with Crippen LogP contribution in [-0.4, -0.2) is 65.2 Å². The Labute approximate surface area is 199 Å². The normalized spacial score (nSPS) is 14.9. The topological polar surface area (TPSA) is 64.1 Å². The molecule has 1 aliphatic heterocycles. The maximum atomic E-state index is 5.80. The van der Waals surface area contributed by atoms with Crippen LogP contribution in [0.5, 0.6) is 0 Å². The maximum absolute atomic E-state index is 5.80. The molecule has 7 heteroatoms. The number of benzene rings is 1. The lowest BCUT2D eigenvalue weighted by Crippen LogP contribution is -2.38. The highest BCUT2D eigenvalue weighted by atomic mass is 127. The van der Waals surface area contributed by atoms with Gasteiger partial charge in [-0.2, -0.15) is 0 Å². The largest absolute Gasteiger partial charge is 0.381 e. The summed E-state index contributed by atoms with van der Waals surface area (Å²) in [5.41, 5.74) is 1.32. The molecule has 6 nitrogen and oxygen atoms in total. The summed E-state index contributed by atoms with van der Waals surface area (Å²) in [5, 5.41) is 6.67. The van der Waals surface area contributed by atoms with Crippen molar-refractivity contribution in [2.75, 3.05) is 59.3 Å². The van der Waals surface area contributed by atoms with E-state index >= 15 is 0 Å². The summed E-state index contributed by atoms with van der Waals surface area (Å²) in [6.07, 6.45) is 5.13. The van der Waals surface area contributed by atoms with Gasteiger partial charge in [-0.25, -0.2) is 0 Å². The lowest BCUT2D eigenvalue weighted by atomic mass is 10.0. The Bertz CT molecular complexity index is 540. The third kappa shape index (κ3) is 13.4. The third-order valence-electron chi connectivity index (χ3n) is 4.89. The number of rotatable bonds is 14. The van der Waals surface area contributed by atoms with Crippen molar-refractivity contribution in [3.05, 3.63) is 35.9 Å². The Hall–Kier alpha value is -0.900. The molecule has 0 radical (unpaired) electrons. The molecule has 0 atom stereocenters. The fourth-order valence-corrected chi connectivity index (χ4v) is 3.18. The minimum absolute atomic E-state index is 0. The van der Waals surface area contributed by atoms with Crippen molar-refractivity contribution in [3.63, 3.8) is 0 Å². The van der Waals surface area contributed by atoms with E-state index in [4.69, 9.17) is 14.2 Å². The van der Waals surface area contributed by atoms with E-state index in [-0.39, 0.29) is 24.0 Å². The van der Waals surface area contributed by atoms with Crippen LogP contribution in [0.15, 0.2) is 35.3 Å². The van der Waals surface area contributed by atoms with E-state index in [0.29, 0.717) is 5.92 Å². The van der Waals surface area contributed by atoms with Crippen LogP contribution in [0.2, 0.25) is 0 Å². The van der Waals surface area contributed by atoms with Crippen LogP contribution in [0.3, 0.4) is 0 Å². The van der Waals surface area contributed by atoms with Gasteiger partial charge in [-0.1, -0.05) is 30.3 Å². The highest BCUT2D eigenvalue weighted by Gasteiger charge is 2.13.